The summed E-state index contributed by atoms with van der Waals surface area (Å²) in [6.45, 7) is 18.6. The molecule has 0 aliphatic carbocycles. The second-order valence-corrected chi connectivity index (χ2v) is 8.50. The maximum atomic E-state index is 6.05. The van der Waals surface area contributed by atoms with E-state index in [9.17, 15) is 0 Å². The van der Waals surface area contributed by atoms with E-state index in [1.54, 1.807) is 0 Å². The fourth-order valence-electron chi connectivity index (χ4n) is 1.40. The smallest absolute Gasteiger partial charge is 0.331 e. The number of allylic oxidation sites excluding steroid dienone is 1. The van der Waals surface area contributed by atoms with Crippen molar-refractivity contribution in [1.82, 2.24) is 0 Å². The third-order valence-corrected chi connectivity index (χ3v) is 5.64. The van der Waals surface area contributed by atoms with Gasteiger partial charge in [0.15, 0.2) is 0 Å². The minimum Gasteiger partial charge on any atom is -0.396 e. The Morgan fingerprint density at radius 2 is 1.53 bits per heavy atom. The lowest BCUT2D eigenvalue weighted by atomic mass is 10.1. The summed E-state index contributed by atoms with van der Waals surface area (Å²) in [5.74, 6) is 1.11. The van der Waals surface area contributed by atoms with E-state index < -0.39 is 9.28 Å². The standard InChI is InChI=1S/C14H30O2Si/c1-8-14(7,9-2)17(15-10-12(3)4)16-11-13(5)6/h8,12-13,17H,1,9-11H2,2-7H3. The van der Waals surface area contributed by atoms with Crippen molar-refractivity contribution in [2.24, 2.45) is 11.8 Å². The third-order valence-electron chi connectivity index (χ3n) is 2.93. The molecule has 102 valence electrons. The molecule has 0 spiro atoms. The average Bonchev–Trinajstić information content (AvgIpc) is 2.27. The second kappa shape index (κ2) is 8.06. The van der Waals surface area contributed by atoms with Crippen LogP contribution in [-0.4, -0.2) is 22.5 Å². The van der Waals surface area contributed by atoms with Crippen molar-refractivity contribution in [3.8, 4) is 0 Å². The predicted octanol–water partition coefficient (Wildman–Crippen LogP) is 3.91. The molecule has 0 rings (SSSR count). The first-order valence-corrected chi connectivity index (χ1v) is 8.24. The first kappa shape index (κ1) is 16.9. The van der Waals surface area contributed by atoms with E-state index in [-0.39, 0.29) is 5.04 Å². The average molecular weight is 258 g/mol. The van der Waals surface area contributed by atoms with Crippen LogP contribution in [0.3, 0.4) is 0 Å². The van der Waals surface area contributed by atoms with Gasteiger partial charge in [0.25, 0.3) is 0 Å². The van der Waals surface area contributed by atoms with E-state index in [1.807, 2.05) is 6.08 Å². The van der Waals surface area contributed by atoms with Gasteiger partial charge in [-0.3, -0.25) is 0 Å². The molecule has 0 aliphatic heterocycles. The fourth-order valence-corrected chi connectivity index (χ4v) is 3.90. The molecule has 0 aromatic carbocycles. The highest BCUT2D eigenvalue weighted by atomic mass is 28.3. The maximum Gasteiger partial charge on any atom is 0.331 e. The zero-order chi connectivity index (χ0) is 13.5. The van der Waals surface area contributed by atoms with E-state index in [4.69, 9.17) is 8.85 Å². The Morgan fingerprint density at radius 3 is 1.76 bits per heavy atom. The van der Waals surface area contributed by atoms with Gasteiger partial charge in [0.05, 0.1) is 0 Å². The van der Waals surface area contributed by atoms with Crippen molar-refractivity contribution in [3.05, 3.63) is 12.7 Å². The SMILES string of the molecule is C=CC(C)(CC)[SiH](OCC(C)C)OCC(C)C. The molecule has 17 heavy (non-hydrogen) atoms. The third kappa shape index (κ3) is 6.39. The summed E-state index contributed by atoms with van der Waals surface area (Å²) in [7, 11) is -1.69. The van der Waals surface area contributed by atoms with E-state index in [0.29, 0.717) is 11.8 Å². The molecule has 0 aromatic heterocycles. The van der Waals surface area contributed by atoms with Crippen molar-refractivity contribution in [2.75, 3.05) is 13.2 Å². The number of hydrogen-bond donors (Lipinski definition) is 0. The lowest BCUT2D eigenvalue weighted by molar-refractivity contribution is 0.148. The van der Waals surface area contributed by atoms with Crippen LogP contribution < -0.4 is 0 Å². The molecular formula is C14H30O2Si. The highest BCUT2D eigenvalue weighted by molar-refractivity contribution is 6.49. The van der Waals surface area contributed by atoms with Crippen LogP contribution in [0.5, 0.6) is 0 Å². The minimum absolute atomic E-state index is 0.0315. The molecule has 0 aromatic rings. The summed E-state index contributed by atoms with van der Waals surface area (Å²) in [6, 6.07) is 0. The second-order valence-electron chi connectivity index (χ2n) is 5.85. The summed E-state index contributed by atoms with van der Waals surface area (Å²) < 4.78 is 12.1. The summed E-state index contributed by atoms with van der Waals surface area (Å²) in [6.07, 6.45) is 3.05. The fraction of sp³-hybridized carbons (Fsp3) is 0.857. The molecule has 0 saturated heterocycles. The van der Waals surface area contributed by atoms with Gasteiger partial charge in [0.2, 0.25) is 0 Å². The number of rotatable bonds is 9. The largest absolute Gasteiger partial charge is 0.396 e. The topological polar surface area (TPSA) is 18.5 Å². The Balaban J connectivity index is 4.52. The van der Waals surface area contributed by atoms with Crippen molar-refractivity contribution >= 4 is 9.28 Å². The van der Waals surface area contributed by atoms with E-state index >= 15 is 0 Å². The van der Waals surface area contributed by atoms with E-state index in [0.717, 1.165) is 19.6 Å². The van der Waals surface area contributed by atoms with Crippen LogP contribution in [0.25, 0.3) is 0 Å². The molecule has 0 radical (unpaired) electrons. The van der Waals surface area contributed by atoms with Crippen molar-refractivity contribution < 1.29 is 8.85 Å². The van der Waals surface area contributed by atoms with Crippen LogP contribution in [0.4, 0.5) is 0 Å². The van der Waals surface area contributed by atoms with Crippen molar-refractivity contribution in [3.63, 3.8) is 0 Å². The van der Waals surface area contributed by atoms with Crippen LogP contribution in [0, 0.1) is 11.8 Å². The summed E-state index contributed by atoms with van der Waals surface area (Å²) >= 11 is 0. The van der Waals surface area contributed by atoms with Crippen LogP contribution in [0.2, 0.25) is 5.04 Å². The molecule has 0 heterocycles. The van der Waals surface area contributed by atoms with Gasteiger partial charge in [-0.1, -0.05) is 47.6 Å². The Morgan fingerprint density at radius 1 is 1.12 bits per heavy atom. The van der Waals surface area contributed by atoms with E-state index in [2.05, 4.69) is 48.1 Å². The van der Waals surface area contributed by atoms with Gasteiger partial charge in [-0.15, -0.1) is 6.58 Å². The first-order chi connectivity index (χ1) is 7.85. The highest BCUT2D eigenvalue weighted by Gasteiger charge is 2.35. The van der Waals surface area contributed by atoms with Crippen LogP contribution in [0.1, 0.15) is 48.0 Å². The first-order valence-electron chi connectivity index (χ1n) is 6.72. The van der Waals surface area contributed by atoms with Crippen LogP contribution >= 0.6 is 0 Å². The summed E-state index contributed by atoms with van der Waals surface area (Å²) in [5.41, 5.74) is 0. The molecule has 1 unspecified atom stereocenters. The zero-order valence-corrected chi connectivity index (χ0v) is 13.6. The minimum atomic E-state index is -1.69. The number of hydrogen-bond acceptors (Lipinski definition) is 2. The molecule has 0 fully saturated rings. The molecular weight excluding hydrogens is 228 g/mol. The van der Waals surface area contributed by atoms with Crippen molar-refractivity contribution in [1.29, 1.82) is 0 Å². The van der Waals surface area contributed by atoms with Gasteiger partial charge in [0.1, 0.15) is 0 Å². The van der Waals surface area contributed by atoms with Crippen LogP contribution in [0.15, 0.2) is 12.7 Å². The maximum absolute atomic E-state index is 6.05. The lowest BCUT2D eigenvalue weighted by Crippen LogP contribution is -2.37. The Kier molecular flexibility index (Phi) is 8.00. The summed E-state index contributed by atoms with van der Waals surface area (Å²) in [4.78, 5) is 0. The Bertz CT molecular complexity index is 204. The molecule has 0 bridgehead atoms. The highest BCUT2D eigenvalue weighted by Crippen LogP contribution is 2.36. The lowest BCUT2D eigenvalue weighted by Gasteiger charge is -2.32. The van der Waals surface area contributed by atoms with Gasteiger partial charge >= 0.3 is 9.28 Å². The molecule has 0 aliphatic rings. The quantitative estimate of drug-likeness (QED) is 0.461. The zero-order valence-electron chi connectivity index (χ0n) is 12.5. The van der Waals surface area contributed by atoms with Gasteiger partial charge in [-0.25, -0.2) is 0 Å². The monoisotopic (exact) mass is 258 g/mol. The normalized spacial score (nSPS) is 15.6. The predicted molar refractivity (Wildman–Crippen MR) is 77.6 cm³/mol. The van der Waals surface area contributed by atoms with Gasteiger partial charge in [-0.2, -0.15) is 0 Å². The Hall–Kier alpha value is -0.123. The molecule has 3 heteroatoms. The molecule has 0 N–H and O–H groups in total. The van der Waals surface area contributed by atoms with Gasteiger partial charge in [0, 0.05) is 18.3 Å². The Labute approximate surface area is 109 Å². The van der Waals surface area contributed by atoms with E-state index in [1.165, 1.54) is 0 Å². The van der Waals surface area contributed by atoms with Crippen molar-refractivity contribution in [2.45, 2.75) is 53.0 Å². The molecule has 0 saturated carbocycles. The molecule has 2 nitrogen and oxygen atoms in total. The van der Waals surface area contributed by atoms with Gasteiger partial charge in [-0.05, 0) is 18.3 Å². The molecule has 0 amide bonds. The van der Waals surface area contributed by atoms with Crippen LogP contribution in [-0.2, 0) is 8.85 Å². The molecule has 1 atom stereocenters. The summed E-state index contributed by atoms with van der Waals surface area (Å²) in [5, 5.41) is 0.0315. The van der Waals surface area contributed by atoms with Gasteiger partial charge < -0.3 is 8.85 Å².